The van der Waals surface area contributed by atoms with E-state index in [0.717, 1.165) is 48.7 Å². The van der Waals surface area contributed by atoms with Crippen LogP contribution in [0.15, 0.2) is 22.5 Å². The van der Waals surface area contributed by atoms with Crippen molar-refractivity contribution in [2.75, 3.05) is 39.4 Å². The minimum atomic E-state index is -0.130. The Kier molecular flexibility index (Phi) is 5.11. The smallest absolute Gasteiger partial charge is 0.355 e. The number of rotatable bonds is 2. The third-order valence-corrected chi connectivity index (χ3v) is 4.88. The zero-order valence-corrected chi connectivity index (χ0v) is 14.6. The molecule has 6 heteroatoms. The Hall–Kier alpha value is -1.98. The predicted molar refractivity (Wildman–Crippen MR) is 88.9 cm³/mol. The van der Waals surface area contributed by atoms with E-state index in [9.17, 15) is 9.59 Å². The zero-order chi connectivity index (χ0) is 17.1. The molecule has 0 bridgehead atoms. The molecule has 2 saturated heterocycles. The average Bonchev–Trinajstić information content (AvgIpc) is 3.31. The van der Waals surface area contributed by atoms with Gasteiger partial charge < -0.3 is 19.3 Å². The topological polar surface area (TPSA) is 59.1 Å². The minimum absolute atomic E-state index is 0.130. The van der Waals surface area contributed by atoms with Gasteiger partial charge in [-0.1, -0.05) is 0 Å². The molecule has 4 heterocycles. The van der Waals surface area contributed by atoms with Crippen LogP contribution in [-0.2, 0) is 19.1 Å². The van der Waals surface area contributed by atoms with E-state index in [1.54, 1.807) is 0 Å². The molecular formula is C18H26N2O4. The fourth-order valence-electron chi connectivity index (χ4n) is 3.65. The van der Waals surface area contributed by atoms with E-state index in [1.807, 2.05) is 13.8 Å². The van der Waals surface area contributed by atoms with Crippen LogP contribution in [0.25, 0.3) is 0 Å². The molecule has 0 radical (unpaired) electrons. The number of hydrogen-bond acceptors (Lipinski definition) is 6. The quantitative estimate of drug-likeness (QED) is 0.718. The minimum Gasteiger partial charge on any atom is -0.456 e. The lowest BCUT2D eigenvalue weighted by molar-refractivity contribution is -0.138. The van der Waals surface area contributed by atoms with Crippen LogP contribution in [0.3, 0.4) is 0 Å². The third-order valence-electron chi connectivity index (χ3n) is 4.88. The maximum Gasteiger partial charge on any atom is 0.355 e. The molecule has 0 amide bonds. The number of ether oxygens (including phenoxy) is 2. The summed E-state index contributed by atoms with van der Waals surface area (Å²) in [5.41, 5.74) is 3.82. The van der Waals surface area contributed by atoms with E-state index in [4.69, 9.17) is 9.47 Å². The van der Waals surface area contributed by atoms with Gasteiger partial charge in [0.2, 0.25) is 0 Å². The summed E-state index contributed by atoms with van der Waals surface area (Å²) in [5, 5.41) is 0. The first-order valence-electron chi connectivity index (χ1n) is 8.81. The number of nitrogens with zero attached hydrogens (tertiary/aromatic N) is 2. The van der Waals surface area contributed by atoms with Crippen LogP contribution in [0.5, 0.6) is 0 Å². The van der Waals surface area contributed by atoms with Crippen molar-refractivity contribution in [3.63, 3.8) is 0 Å². The van der Waals surface area contributed by atoms with Crippen LogP contribution in [0.1, 0.15) is 39.5 Å². The Morgan fingerprint density at radius 2 is 1.00 bits per heavy atom. The summed E-state index contributed by atoms with van der Waals surface area (Å²) in [6.07, 6.45) is 4.79. The van der Waals surface area contributed by atoms with E-state index in [0.29, 0.717) is 13.2 Å². The van der Waals surface area contributed by atoms with Crippen molar-refractivity contribution < 1.29 is 19.1 Å². The van der Waals surface area contributed by atoms with E-state index >= 15 is 0 Å². The number of cyclic esters (lactones) is 2. The molecule has 0 saturated carbocycles. The number of esters is 2. The fraction of sp³-hybridized carbons (Fsp3) is 0.667. The van der Waals surface area contributed by atoms with Crippen LogP contribution in [0.2, 0.25) is 0 Å². The molecule has 4 aliphatic rings. The van der Waals surface area contributed by atoms with Crippen LogP contribution in [0.4, 0.5) is 0 Å². The highest BCUT2D eigenvalue weighted by Crippen LogP contribution is 2.24. The Bertz CT molecular complexity index is 530. The highest BCUT2D eigenvalue weighted by molar-refractivity contribution is 5.91. The molecule has 0 aliphatic carbocycles. The summed E-state index contributed by atoms with van der Waals surface area (Å²) in [7, 11) is 0. The first-order valence-corrected chi connectivity index (χ1v) is 8.81. The lowest BCUT2D eigenvalue weighted by Gasteiger charge is -2.16. The predicted octanol–water partition coefficient (Wildman–Crippen LogP) is 1.83. The summed E-state index contributed by atoms with van der Waals surface area (Å²) in [6, 6.07) is 0. The zero-order valence-electron chi connectivity index (χ0n) is 14.6. The fourth-order valence-corrected chi connectivity index (χ4v) is 3.65. The van der Waals surface area contributed by atoms with Gasteiger partial charge in [-0.2, -0.15) is 0 Å². The molecule has 4 rings (SSSR count). The molecule has 6 nitrogen and oxygen atoms in total. The van der Waals surface area contributed by atoms with Crippen molar-refractivity contribution in [3.05, 3.63) is 22.5 Å². The van der Waals surface area contributed by atoms with E-state index in [2.05, 4.69) is 9.80 Å². The number of hydrogen-bond donors (Lipinski definition) is 0. The number of carbonyl (C=O) groups excluding carboxylic acids is 2. The Morgan fingerprint density at radius 3 is 1.25 bits per heavy atom. The SMILES string of the molecule is CC1=C(N2CCCC2)C(=O)OC1.CC1=C(N2CCCC2)C(=O)OC1. The number of likely N-dealkylation sites (tertiary alicyclic amines) is 2. The van der Waals surface area contributed by atoms with Crippen LogP contribution >= 0.6 is 0 Å². The lowest BCUT2D eigenvalue weighted by atomic mass is 10.2. The normalized spacial score (nSPS) is 23.8. The second-order valence-corrected chi connectivity index (χ2v) is 6.80. The summed E-state index contributed by atoms with van der Waals surface area (Å²) in [5.74, 6) is -0.260. The van der Waals surface area contributed by atoms with Crippen molar-refractivity contribution in [3.8, 4) is 0 Å². The van der Waals surface area contributed by atoms with Crippen molar-refractivity contribution in [2.24, 2.45) is 0 Å². The maximum atomic E-state index is 11.2. The van der Waals surface area contributed by atoms with Gasteiger partial charge >= 0.3 is 11.9 Å². The Morgan fingerprint density at radius 1 is 0.667 bits per heavy atom. The summed E-state index contributed by atoms with van der Waals surface area (Å²) in [4.78, 5) is 26.8. The number of carbonyl (C=O) groups is 2. The highest BCUT2D eigenvalue weighted by Gasteiger charge is 2.29. The standard InChI is InChI=1S/2C9H13NO2/c2*1-7-6-12-9(11)8(7)10-4-2-3-5-10/h2*2-6H2,1H3. The molecule has 2 fully saturated rings. The van der Waals surface area contributed by atoms with Crippen LogP contribution < -0.4 is 0 Å². The molecule has 0 spiro atoms. The summed E-state index contributed by atoms with van der Waals surface area (Å²) in [6.45, 7) is 8.99. The molecule has 0 atom stereocenters. The first kappa shape index (κ1) is 16.9. The first-order chi connectivity index (χ1) is 11.6. The van der Waals surface area contributed by atoms with Crippen molar-refractivity contribution in [1.29, 1.82) is 0 Å². The highest BCUT2D eigenvalue weighted by atomic mass is 16.5. The van der Waals surface area contributed by atoms with Gasteiger partial charge in [-0.25, -0.2) is 9.59 Å². The molecular weight excluding hydrogens is 308 g/mol. The molecule has 0 aromatic rings. The van der Waals surface area contributed by atoms with Crippen molar-refractivity contribution in [1.82, 2.24) is 9.80 Å². The largest absolute Gasteiger partial charge is 0.456 e. The second-order valence-electron chi connectivity index (χ2n) is 6.80. The average molecular weight is 334 g/mol. The summed E-state index contributed by atoms with van der Waals surface area (Å²) < 4.78 is 9.87. The van der Waals surface area contributed by atoms with E-state index in [1.165, 1.54) is 25.7 Å². The van der Waals surface area contributed by atoms with Crippen LogP contribution in [-0.4, -0.2) is 61.1 Å². The molecule has 0 aromatic carbocycles. The lowest BCUT2D eigenvalue weighted by Crippen LogP contribution is -2.23. The molecule has 24 heavy (non-hydrogen) atoms. The van der Waals surface area contributed by atoms with Gasteiger partial charge in [0.1, 0.15) is 24.6 Å². The van der Waals surface area contributed by atoms with Gasteiger partial charge in [0.15, 0.2) is 0 Å². The molecule has 0 aromatic heterocycles. The molecule has 0 N–H and O–H groups in total. The van der Waals surface area contributed by atoms with Gasteiger partial charge in [0.05, 0.1) is 0 Å². The summed E-state index contributed by atoms with van der Waals surface area (Å²) >= 11 is 0. The second kappa shape index (κ2) is 7.28. The Labute approximate surface area is 143 Å². The van der Waals surface area contributed by atoms with Gasteiger partial charge in [-0.05, 0) is 50.7 Å². The van der Waals surface area contributed by atoms with Gasteiger partial charge in [-0.15, -0.1) is 0 Å². The van der Waals surface area contributed by atoms with Gasteiger partial charge in [0, 0.05) is 26.2 Å². The van der Waals surface area contributed by atoms with Crippen LogP contribution in [0, 0.1) is 0 Å². The van der Waals surface area contributed by atoms with Crippen molar-refractivity contribution >= 4 is 11.9 Å². The van der Waals surface area contributed by atoms with Gasteiger partial charge in [0.25, 0.3) is 0 Å². The maximum absolute atomic E-state index is 11.2. The third kappa shape index (κ3) is 3.42. The van der Waals surface area contributed by atoms with E-state index in [-0.39, 0.29) is 11.9 Å². The van der Waals surface area contributed by atoms with Gasteiger partial charge in [-0.3, -0.25) is 0 Å². The monoisotopic (exact) mass is 334 g/mol. The molecule has 132 valence electrons. The molecule has 0 unspecified atom stereocenters. The van der Waals surface area contributed by atoms with Crippen molar-refractivity contribution in [2.45, 2.75) is 39.5 Å². The van der Waals surface area contributed by atoms with E-state index < -0.39 is 0 Å². The Balaban J connectivity index is 0.000000141. The molecule has 4 aliphatic heterocycles.